The van der Waals surface area contributed by atoms with E-state index in [0.717, 1.165) is 64.2 Å². The molecule has 0 heterocycles. The average Bonchev–Trinajstić information content (AvgIpc) is 3.31. The first kappa shape index (κ1) is 66.9. The molecule has 0 amide bonds. The first-order valence-corrected chi connectivity index (χ1v) is 30.1. The Morgan fingerprint density at radius 2 is 0.841 bits per heavy atom. The summed E-state index contributed by atoms with van der Waals surface area (Å²) in [5.74, 6) is -0.338. The molecule has 0 aromatic heterocycles. The Kier molecular flexibility index (Phi) is 50.7. The molecular weight excluding hydrogens is 878 g/mol. The highest BCUT2D eigenvalue weighted by Gasteiger charge is 2.20. The summed E-state index contributed by atoms with van der Waals surface area (Å²) in [4.78, 5) is 25.3. The first-order chi connectivity index (χ1) is 33.6. The number of esters is 1. The summed E-state index contributed by atoms with van der Waals surface area (Å²) in [6.45, 7) is 5.30. The van der Waals surface area contributed by atoms with Crippen molar-refractivity contribution in [1.82, 2.24) is 0 Å². The fraction of sp³-hybridized carbons (Fsp3) is 0.783. The zero-order valence-corrected chi connectivity index (χ0v) is 46.6. The van der Waals surface area contributed by atoms with Gasteiger partial charge < -0.3 is 27.9 Å². The van der Waals surface area contributed by atoms with Gasteiger partial charge in [0.2, 0.25) is 0 Å². The number of rotatable bonds is 53. The van der Waals surface area contributed by atoms with Gasteiger partial charge in [-0.3, -0.25) is 9.36 Å². The summed E-state index contributed by atoms with van der Waals surface area (Å²) < 4.78 is 34.9. The van der Waals surface area contributed by atoms with Gasteiger partial charge in [0.15, 0.2) is 0 Å². The Bertz CT molecular complexity index is 1330. The second kappa shape index (κ2) is 52.3. The zero-order valence-electron chi connectivity index (χ0n) is 45.7. The molecule has 0 saturated carbocycles. The molecule has 2 atom stereocenters. The summed E-state index contributed by atoms with van der Waals surface area (Å²) in [5.41, 5.74) is 0. The summed E-state index contributed by atoms with van der Waals surface area (Å²) in [7, 11) is 1.35. The maximum atomic E-state index is 12.8. The van der Waals surface area contributed by atoms with Crippen LogP contribution in [-0.2, 0) is 27.9 Å². The highest BCUT2D eigenvalue weighted by atomic mass is 31.2. The van der Waals surface area contributed by atoms with Gasteiger partial charge in [-0.2, -0.15) is 0 Å². The maximum Gasteiger partial charge on any atom is 0.306 e. The van der Waals surface area contributed by atoms with Gasteiger partial charge in [-0.1, -0.05) is 228 Å². The Labute approximate surface area is 427 Å². The molecule has 0 rings (SSSR count). The van der Waals surface area contributed by atoms with Crippen LogP contribution in [0.3, 0.4) is 0 Å². The van der Waals surface area contributed by atoms with Crippen molar-refractivity contribution in [1.29, 1.82) is 0 Å². The Morgan fingerprint density at radius 3 is 1.26 bits per heavy atom. The predicted molar refractivity (Wildman–Crippen MR) is 296 cm³/mol. The lowest BCUT2D eigenvalue weighted by molar-refractivity contribution is -0.870. The summed E-state index contributed by atoms with van der Waals surface area (Å²) >= 11 is 0. The lowest BCUT2D eigenvalue weighted by Gasteiger charge is -2.28. The molecule has 69 heavy (non-hydrogen) atoms. The molecule has 2 unspecified atom stereocenters. The topological polar surface area (TPSA) is 94.1 Å². The molecular formula is C60H110NO7P. The molecule has 0 aliphatic heterocycles. The molecule has 9 heteroatoms. The lowest BCUT2D eigenvalue weighted by atomic mass is 10.0. The molecule has 402 valence electrons. The van der Waals surface area contributed by atoms with Crippen LogP contribution in [0, 0.1) is 0 Å². The van der Waals surface area contributed by atoms with Crippen LogP contribution in [0.15, 0.2) is 72.9 Å². The minimum atomic E-state index is -4.54. The molecule has 0 saturated heterocycles. The van der Waals surface area contributed by atoms with E-state index in [0.29, 0.717) is 24.1 Å². The predicted octanol–water partition coefficient (Wildman–Crippen LogP) is 17.5. The van der Waals surface area contributed by atoms with E-state index >= 15 is 0 Å². The molecule has 8 nitrogen and oxygen atoms in total. The SMILES string of the molecule is CC/C=C\C/C=C\C/C=C\C/C=C\CCCCCCCCCCCCC(=O)OC(COCCCCCCCCCCCCCC/C=C\C/C=C\CCCCCCC)COP(=O)([O-])OCC[N+](C)(C)C. The number of hydrogen-bond donors (Lipinski definition) is 0. The first-order valence-electron chi connectivity index (χ1n) is 28.7. The second-order valence-corrected chi connectivity index (χ2v) is 21.7. The molecule has 0 aliphatic carbocycles. The van der Waals surface area contributed by atoms with Crippen LogP contribution in [-0.4, -0.2) is 70.7 Å². The monoisotopic (exact) mass is 988 g/mol. The average molecular weight is 989 g/mol. The fourth-order valence-corrected chi connectivity index (χ4v) is 8.59. The quantitative estimate of drug-likeness (QED) is 0.0197. The van der Waals surface area contributed by atoms with Crippen LogP contribution in [0.2, 0.25) is 0 Å². The van der Waals surface area contributed by atoms with Crippen molar-refractivity contribution in [3.63, 3.8) is 0 Å². The lowest BCUT2D eigenvalue weighted by Crippen LogP contribution is -2.37. The number of phosphoric acid groups is 1. The van der Waals surface area contributed by atoms with Crippen LogP contribution in [0.25, 0.3) is 0 Å². The van der Waals surface area contributed by atoms with Crippen LogP contribution in [0.5, 0.6) is 0 Å². The highest BCUT2D eigenvalue weighted by Crippen LogP contribution is 2.38. The van der Waals surface area contributed by atoms with E-state index in [2.05, 4.69) is 86.8 Å². The van der Waals surface area contributed by atoms with Crippen molar-refractivity contribution < 1.29 is 37.3 Å². The smallest absolute Gasteiger partial charge is 0.306 e. The van der Waals surface area contributed by atoms with Gasteiger partial charge in [-0.25, -0.2) is 0 Å². The number of likely N-dealkylation sites (N-methyl/N-ethyl adjacent to an activating group) is 1. The van der Waals surface area contributed by atoms with E-state index in [-0.39, 0.29) is 25.8 Å². The summed E-state index contributed by atoms with van der Waals surface area (Å²) in [6.07, 6.45) is 69.4. The second-order valence-electron chi connectivity index (χ2n) is 20.3. The highest BCUT2D eigenvalue weighted by molar-refractivity contribution is 7.45. The Hall–Kier alpha value is -2.06. The number of allylic oxidation sites excluding steroid dienone is 12. The molecule has 0 radical (unpaired) electrons. The van der Waals surface area contributed by atoms with Crippen molar-refractivity contribution in [2.75, 3.05) is 54.1 Å². The minimum Gasteiger partial charge on any atom is -0.756 e. The van der Waals surface area contributed by atoms with Crippen molar-refractivity contribution >= 4 is 13.8 Å². The van der Waals surface area contributed by atoms with E-state index in [4.69, 9.17) is 18.5 Å². The number of carbonyl (C=O) groups is 1. The van der Waals surface area contributed by atoms with E-state index in [1.807, 2.05) is 21.1 Å². The maximum absolute atomic E-state index is 12.8. The molecule has 0 N–H and O–H groups in total. The van der Waals surface area contributed by atoms with Gasteiger partial charge in [0, 0.05) is 13.0 Å². The number of carbonyl (C=O) groups excluding carboxylic acids is 1. The van der Waals surface area contributed by atoms with Gasteiger partial charge in [-0.05, 0) is 83.5 Å². The number of unbranched alkanes of at least 4 members (excludes halogenated alkanes) is 27. The van der Waals surface area contributed by atoms with Gasteiger partial charge >= 0.3 is 5.97 Å². The summed E-state index contributed by atoms with van der Waals surface area (Å²) in [5, 5.41) is 0. The van der Waals surface area contributed by atoms with E-state index in [1.54, 1.807) is 0 Å². The Morgan fingerprint density at radius 1 is 0.464 bits per heavy atom. The van der Waals surface area contributed by atoms with Crippen LogP contribution in [0.1, 0.15) is 245 Å². The third kappa shape index (κ3) is 56.7. The van der Waals surface area contributed by atoms with Crippen LogP contribution >= 0.6 is 7.82 Å². The number of nitrogens with zero attached hydrogens (tertiary/aromatic N) is 1. The van der Waals surface area contributed by atoms with Gasteiger partial charge in [0.05, 0.1) is 34.4 Å². The molecule has 0 aliphatic rings. The molecule has 0 bridgehead atoms. The van der Waals surface area contributed by atoms with Crippen molar-refractivity contribution in [2.24, 2.45) is 0 Å². The minimum absolute atomic E-state index is 0.0226. The van der Waals surface area contributed by atoms with Gasteiger partial charge in [-0.15, -0.1) is 0 Å². The van der Waals surface area contributed by atoms with Gasteiger partial charge in [0.1, 0.15) is 19.3 Å². The summed E-state index contributed by atoms with van der Waals surface area (Å²) in [6, 6.07) is 0. The number of hydrogen-bond acceptors (Lipinski definition) is 7. The van der Waals surface area contributed by atoms with Crippen molar-refractivity contribution in [2.45, 2.75) is 251 Å². The van der Waals surface area contributed by atoms with Crippen molar-refractivity contribution in [3.8, 4) is 0 Å². The van der Waals surface area contributed by atoms with E-state index in [9.17, 15) is 14.3 Å². The van der Waals surface area contributed by atoms with Crippen LogP contribution in [0.4, 0.5) is 0 Å². The number of ether oxygens (including phenoxy) is 2. The molecule has 0 spiro atoms. The van der Waals surface area contributed by atoms with E-state index in [1.165, 1.54) is 161 Å². The third-order valence-electron chi connectivity index (χ3n) is 12.2. The molecule has 0 aromatic carbocycles. The standard InChI is InChI=1S/C60H110NO7P/c1-6-8-10-12-14-16-18-20-22-24-26-28-30-32-34-36-38-40-42-44-46-48-50-52-55-65-57-59(58-67-69(63,64)66-56-54-61(3,4)5)68-60(62)53-51-49-47-45-43-41-39-37-35-33-31-29-27-25-23-21-19-17-15-13-11-9-7-2/h9,11,15,17-18,20-21,23-24,26-27,29,59H,6-8,10,12-14,16,19,22,25,28,30-58H2,1-5H3/b11-9-,17-15-,20-18-,23-21-,26-24-,29-27-. The largest absolute Gasteiger partial charge is 0.756 e. The normalized spacial score (nSPS) is 14.0. The molecule has 0 fully saturated rings. The third-order valence-corrected chi connectivity index (χ3v) is 13.2. The van der Waals surface area contributed by atoms with E-state index < -0.39 is 13.9 Å². The van der Waals surface area contributed by atoms with Crippen LogP contribution < -0.4 is 4.89 Å². The van der Waals surface area contributed by atoms with Crippen molar-refractivity contribution in [3.05, 3.63) is 72.9 Å². The molecule has 0 aromatic rings. The zero-order chi connectivity index (χ0) is 50.5. The fourth-order valence-electron chi connectivity index (χ4n) is 7.86. The number of quaternary nitrogens is 1. The number of phosphoric ester groups is 1. The Balaban J connectivity index is 4.09. The van der Waals surface area contributed by atoms with Gasteiger partial charge in [0.25, 0.3) is 7.82 Å².